The number of carbonyl (C=O) groups excluding carboxylic acids is 1. The highest BCUT2D eigenvalue weighted by molar-refractivity contribution is 5.95. The SMILES string of the molecule is Cc1nn(-c2ccc(N3CCOCC3)nn2)c2c1[C@H](c1ccccc1C(F)(F)F)CC(=O)N2. The lowest BCUT2D eigenvalue weighted by atomic mass is 9.83. The highest BCUT2D eigenvalue weighted by Crippen LogP contribution is 2.44. The van der Waals surface area contributed by atoms with Gasteiger partial charge in [-0.2, -0.15) is 23.0 Å². The second-order valence-corrected chi connectivity index (χ2v) is 8.00. The number of amides is 1. The maximum absolute atomic E-state index is 13.7. The van der Waals surface area contributed by atoms with Gasteiger partial charge >= 0.3 is 6.18 Å². The Balaban J connectivity index is 1.55. The van der Waals surface area contributed by atoms with Gasteiger partial charge in [-0.1, -0.05) is 18.2 Å². The van der Waals surface area contributed by atoms with E-state index in [1.54, 1.807) is 25.1 Å². The van der Waals surface area contributed by atoms with E-state index in [0.29, 0.717) is 55.0 Å². The number of morpholine rings is 1. The Kier molecular flexibility index (Phi) is 5.28. The summed E-state index contributed by atoms with van der Waals surface area (Å²) in [5, 5.41) is 15.8. The molecular weight excluding hydrogens is 437 g/mol. The summed E-state index contributed by atoms with van der Waals surface area (Å²) in [6, 6.07) is 8.88. The first-order valence-corrected chi connectivity index (χ1v) is 10.5. The summed E-state index contributed by atoms with van der Waals surface area (Å²) in [5.74, 6) is 0.214. The molecule has 2 aliphatic rings. The Labute approximate surface area is 187 Å². The quantitative estimate of drug-likeness (QED) is 0.648. The Hall–Kier alpha value is -3.47. The van der Waals surface area contributed by atoms with Crippen molar-refractivity contribution in [1.29, 1.82) is 0 Å². The molecule has 0 aliphatic carbocycles. The Morgan fingerprint density at radius 1 is 1.06 bits per heavy atom. The van der Waals surface area contributed by atoms with Crippen LogP contribution in [0.3, 0.4) is 0 Å². The zero-order valence-electron chi connectivity index (χ0n) is 17.8. The minimum atomic E-state index is -4.53. The van der Waals surface area contributed by atoms with Crippen LogP contribution in [0.4, 0.5) is 24.8 Å². The van der Waals surface area contributed by atoms with E-state index < -0.39 is 17.7 Å². The molecule has 172 valence electrons. The molecule has 0 bridgehead atoms. The normalized spacial score (nSPS) is 18.7. The molecule has 1 atom stereocenters. The number of carbonyl (C=O) groups is 1. The second kappa shape index (κ2) is 8.14. The third kappa shape index (κ3) is 3.92. The summed E-state index contributed by atoms with van der Waals surface area (Å²) in [4.78, 5) is 14.6. The molecule has 2 aliphatic heterocycles. The molecule has 1 fully saturated rings. The van der Waals surface area contributed by atoms with E-state index >= 15 is 0 Å². The van der Waals surface area contributed by atoms with Gasteiger partial charge in [0.25, 0.3) is 0 Å². The number of ether oxygens (including phenoxy) is 1. The van der Waals surface area contributed by atoms with Crippen molar-refractivity contribution in [3.05, 3.63) is 58.8 Å². The van der Waals surface area contributed by atoms with Gasteiger partial charge in [0.2, 0.25) is 5.91 Å². The van der Waals surface area contributed by atoms with Gasteiger partial charge in [0, 0.05) is 31.0 Å². The van der Waals surface area contributed by atoms with E-state index in [1.807, 2.05) is 0 Å². The Morgan fingerprint density at radius 2 is 1.76 bits per heavy atom. The molecule has 1 amide bonds. The van der Waals surface area contributed by atoms with Gasteiger partial charge in [0.15, 0.2) is 11.6 Å². The fourth-order valence-corrected chi connectivity index (χ4v) is 4.43. The van der Waals surface area contributed by atoms with Crippen molar-refractivity contribution in [2.45, 2.75) is 25.4 Å². The van der Waals surface area contributed by atoms with Crippen molar-refractivity contribution in [1.82, 2.24) is 20.0 Å². The summed E-state index contributed by atoms with van der Waals surface area (Å²) >= 11 is 0. The molecular formula is C22H21F3N6O2. The van der Waals surface area contributed by atoms with E-state index in [4.69, 9.17) is 4.74 Å². The Morgan fingerprint density at radius 3 is 2.45 bits per heavy atom. The molecule has 33 heavy (non-hydrogen) atoms. The number of benzene rings is 1. The van der Waals surface area contributed by atoms with Gasteiger partial charge in [-0.25, -0.2) is 0 Å². The molecule has 8 nitrogen and oxygen atoms in total. The molecule has 11 heteroatoms. The molecule has 1 saturated heterocycles. The van der Waals surface area contributed by atoms with Crippen molar-refractivity contribution in [3.63, 3.8) is 0 Å². The zero-order chi connectivity index (χ0) is 23.2. The first-order chi connectivity index (χ1) is 15.8. The lowest BCUT2D eigenvalue weighted by Gasteiger charge is -2.27. The molecule has 0 spiro atoms. The fourth-order valence-electron chi connectivity index (χ4n) is 4.43. The van der Waals surface area contributed by atoms with Gasteiger partial charge in [0.1, 0.15) is 5.82 Å². The van der Waals surface area contributed by atoms with Crippen molar-refractivity contribution in [2.75, 3.05) is 36.5 Å². The number of nitrogens with one attached hydrogen (secondary N) is 1. The van der Waals surface area contributed by atoms with Crippen LogP contribution in [0.25, 0.3) is 5.82 Å². The number of alkyl halides is 3. The monoisotopic (exact) mass is 458 g/mol. The van der Waals surface area contributed by atoms with Gasteiger partial charge in [-0.05, 0) is 30.7 Å². The summed E-state index contributed by atoms with van der Waals surface area (Å²) in [5.41, 5.74) is 0.367. The smallest absolute Gasteiger partial charge is 0.378 e. The first kappa shape index (κ1) is 21.4. The number of anilines is 2. The summed E-state index contributed by atoms with van der Waals surface area (Å²) in [6.07, 6.45) is -4.64. The van der Waals surface area contributed by atoms with Crippen molar-refractivity contribution in [2.24, 2.45) is 0 Å². The second-order valence-electron chi connectivity index (χ2n) is 8.00. The highest BCUT2D eigenvalue weighted by Gasteiger charge is 2.39. The Bertz CT molecular complexity index is 1190. The molecule has 1 N–H and O–H groups in total. The lowest BCUT2D eigenvalue weighted by molar-refractivity contribution is -0.138. The van der Waals surface area contributed by atoms with Gasteiger partial charge in [-0.15, -0.1) is 10.2 Å². The molecule has 4 heterocycles. The molecule has 1 aromatic carbocycles. The van der Waals surface area contributed by atoms with Crippen LogP contribution in [0.2, 0.25) is 0 Å². The predicted octanol–water partition coefficient (Wildman–Crippen LogP) is 3.30. The van der Waals surface area contributed by atoms with E-state index in [-0.39, 0.29) is 17.9 Å². The standard InChI is InChI=1S/C22H21F3N6O2/c1-13-20-15(14-4-2-3-5-16(14)22(23,24)25)12-19(32)26-21(20)31(29-13)18-7-6-17(27-28-18)30-8-10-33-11-9-30/h2-7,15H,8-12H2,1H3,(H,26,32)/t15-/m0/s1. The maximum atomic E-state index is 13.7. The molecule has 0 radical (unpaired) electrons. The zero-order valence-corrected chi connectivity index (χ0v) is 17.8. The minimum absolute atomic E-state index is 0.0532. The number of fused-ring (bicyclic) bond motifs is 1. The summed E-state index contributed by atoms with van der Waals surface area (Å²) in [7, 11) is 0. The van der Waals surface area contributed by atoms with Crippen molar-refractivity contribution in [3.8, 4) is 5.82 Å². The van der Waals surface area contributed by atoms with Crippen LogP contribution in [0.15, 0.2) is 36.4 Å². The number of hydrogen-bond donors (Lipinski definition) is 1. The topological polar surface area (TPSA) is 85.2 Å². The fraction of sp³-hybridized carbons (Fsp3) is 0.364. The van der Waals surface area contributed by atoms with E-state index in [1.165, 1.54) is 16.8 Å². The van der Waals surface area contributed by atoms with E-state index in [0.717, 1.165) is 6.07 Å². The van der Waals surface area contributed by atoms with Crippen molar-refractivity contribution < 1.29 is 22.7 Å². The number of aromatic nitrogens is 4. The predicted molar refractivity (Wildman–Crippen MR) is 113 cm³/mol. The van der Waals surface area contributed by atoms with Crippen molar-refractivity contribution >= 4 is 17.5 Å². The van der Waals surface area contributed by atoms with Crippen LogP contribution in [0.1, 0.15) is 34.7 Å². The largest absolute Gasteiger partial charge is 0.416 e. The van der Waals surface area contributed by atoms with Gasteiger partial charge < -0.3 is 15.0 Å². The third-order valence-electron chi connectivity index (χ3n) is 5.93. The number of nitrogens with zero attached hydrogens (tertiary/aromatic N) is 5. The van der Waals surface area contributed by atoms with Crippen LogP contribution >= 0.6 is 0 Å². The van der Waals surface area contributed by atoms with Crippen LogP contribution < -0.4 is 10.2 Å². The highest BCUT2D eigenvalue weighted by atomic mass is 19.4. The minimum Gasteiger partial charge on any atom is -0.378 e. The average molecular weight is 458 g/mol. The molecule has 3 aromatic rings. The molecule has 2 aromatic heterocycles. The van der Waals surface area contributed by atoms with Crippen LogP contribution in [-0.2, 0) is 15.7 Å². The number of halogens is 3. The molecule has 0 unspecified atom stereocenters. The van der Waals surface area contributed by atoms with Gasteiger partial charge in [-0.3, -0.25) is 4.79 Å². The van der Waals surface area contributed by atoms with Gasteiger partial charge in [0.05, 0.1) is 24.5 Å². The van der Waals surface area contributed by atoms with Crippen LogP contribution in [0.5, 0.6) is 0 Å². The summed E-state index contributed by atoms with van der Waals surface area (Å²) in [6.45, 7) is 4.36. The number of aryl methyl sites for hydroxylation is 1. The van der Waals surface area contributed by atoms with Crippen LogP contribution in [-0.4, -0.2) is 52.2 Å². The third-order valence-corrected chi connectivity index (χ3v) is 5.93. The molecule has 0 saturated carbocycles. The molecule has 5 rings (SSSR count). The van der Waals surface area contributed by atoms with E-state index in [9.17, 15) is 18.0 Å². The lowest BCUT2D eigenvalue weighted by Crippen LogP contribution is -2.36. The number of hydrogen-bond acceptors (Lipinski definition) is 6. The average Bonchev–Trinajstić information content (AvgIpc) is 3.15. The summed E-state index contributed by atoms with van der Waals surface area (Å²) < 4.78 is 47.8. The first-order valence-electron chi connectivity index (χ1n) is 10.5. The van der Waals surface area contributed by atoms with E-state index in [2.05, 4.69) is 25.5 Å². The number of rotatable bonds is 3. The maximum Gasteiger partial charge on any atom is 0.416 e. The van der Waals surface area contributed by atoms with Crippen LogP contribution in [0, 0.1) is 6.92 Å².